The summed E-state index contributed by atoms with van der Waals surface area (Å²) >= 11 is 5.81. The Labute approximate surface area is 130 Å². The molecule has 1 aromatic rings. The summed E-state index contributed by atoms with van der Waals surface area (Å²) in [4.78, 5) is 10.9. The smallest absolute Gasteiger partial charge is 0.306 e. The van der Waals surface area contributed by atoms with Crippen LogP contribution >= 0.6 is 11.6 Å². The first-order chi connectivity index (χ1) is 10.1. The first-order valence-corrected chi connectivity index (χ1v) is 7.85. The Bertz CT molecular complexity index is 441. The average molecular weight is 312 g/mol. The number of hydrogen-bond acceptors (Lipinski definition) is 3. The van der Waals surface area contributed by atoms with Gasteiger partial charge in [-0.05, 0) is 62.4 Å². The molecule has 0 aliphatic heterocycles. The summed E-state index contributed by atoms with van der Waals surface area (Å²) in [7, 11) is 0. The maximum absolute atomic E-state index is 10.9. The molecular weight excluding hydrogens is 290 g/mol. The van der Waals surface area contributed by atoms with Crippen LogP contribution in [0.2, 0.25) is 5.02 Å². The van der Waals surface area contributed by atoms with E-state index in [2.05, 4.69) is 5.32 Å². The van der Waals surface area contributed by atoms with E-state index >= 15 is 0 Å². The van der Waals surface area contributed by atoms with Crippen LogP contribution in [-0.4, -0.2) is 30.8 Å². The summed E-state index contributed by atoms with van der Waals surface area (Å²) < 4.78 is 5.60. The highest BCUT2D eigenvalue weighted by Gasteiger charge is 2.25. The van der Waals surface area contributed by atoms with Gasteiger partial charge in [0.25, 0.3) is 0 Å². The van der Waals surface area contributed by atoms with Crippen LogP contribution in [0.4, 0.5) is 0 Å². The van der Waals surface area contributed by atoms with E-state index in [-0.39, 0.29) is 5.92 Å². The Morgan fingerprint density at radius 3 is 2.52 bits per heavy atom. The van der Waals surface area contributed by atoms with Crippen LogP contribution in [-0.2, 0) is 4.79 Å². The van der Waals surface area contributed by atoms with Gasteiger partial charge in [-0.2, -0.15) is 0 Å². The van der Waals surface area contributed by atoms with Crippen LogP contribution in [0.3, 0.4) is 0 Å². The van der Waals surface area contributed by atoms with E-state index in [0.29, 0.717) is 17.5 Å². The van der Waals surface area contributed by atoms with E-state index in [1.165, 1.54) is 0 Å². The van der Waals surface area contributed by atoms with Crippen LogP contribution in [0.1, 0.15) is 25.7 Å². The molecule has 0 unspecified atom stereocenters. The monoisotopic (exact) mass is 311 g/mol. The molecule has 1 fully saturated rings. The molecule has 0 bridgehead atoms. The minimum Gasteiger partial charge on any atom is -0.492 e. The number of aliphatic carboxylic acids is 1. The maximum Gasteiger partial charge on any atom is 0.306 e. The van der Waals surface area contributed by atoms with Gasteiger partial charge in [-0.1, -0.05) is 11.6 Å². The summed E-state index contributed by atoms with van der Waals surface area (Å²) in [5, 5.41) is 13.0. The third-order valence-electron chi connectivity index (χ3n) is 3.99. The van der Waals surface area contributed by atoms with Gasteiger partial charge in [-0.25, -0.2) is 0 Å². The summed E-state index contributed by atoms with van der Waals surface area (Å²) in [6, 6.07) is 7.33. The predicted molar refractivity (Wildman–Crippen MR) is 82.9 cm³/mol. The Balaban J connectivity index is 1.54. The van der Waals surface area contributed by atoms with E-state index in [1.54, 1.807) is 0 Å². The lowest BCUT2D eigenvalue weighted by molar-refractivity contribution is -0.143. The number of rotatable bonds is 7. The first-order valence-electron chi connectivity index (χ1n) is 7.47. The Kier molecular flexibility index (Phi) is 6.33. The minimum absolute atomic E-state index is 0.130. The summed E-state index contributed by atoms with van der Waals surface area (Å²) in [5.41, 5.74) is 0. The second-order valence-electron chi connectivity index (χ2n) is 5.56. The molecule has 1 saturated carbocycles. The number of nitrogens with one attached hydrogen (secondary N) is 1. The number of benzene rings is 1. The topological polar surface area (TPSA) is 58.6 Å². The van der Waals surface area contributed by atoms with Crippen molar-refractivity contribution in [3.05, 3.63) is 29.3 Å². The van der Waals surface area contributed by atoms with Crippen molar-refractivity contribution < 1.29 is 14.6 Å². The molecule has 0 radical (unpaired) electrons. The number of ether oxygens (including phenoxy) is 1. The van der Waals surface area contributed by atoms with Crippen molar-refractivity contribution in [2.24, 2.45) is 11.8 Å². The Morgan fingerprint density at radius 2 is 1.90 bits per heavy atom. The van der Waals surface area contributed by atoms with Crippen LogP contribution in [0.25, 0.3) is 0 Å². The fraction of sp³-hybridized carbons (Fsp3) is 0.562. The van der Waals surface area contributed by atoms with Gasteiger partial charge in [0, 0.05) is 11.6 Å². The van der Waals surface area contributed by atoms with E-state index in [1.807, 2.05) is 24.3 Å². The van der Waals surface area contributed by atoms with Crippen molar-refractivity contribution in [2.75, 3.05) is 19.7 Å². The number of carboxylic acid groups (broad SMARTS) is 1. The number of carbonyl (C=O) groups is 1. The molecule has 0 heterocycles. The second kappa shape index (κ2) is 8.25. The fourth-order valence-electron chi connectivity index (χ4n) is 2.69. The van der Waals surface area contributed by atoms with Crippen LogP contribution in [0, 0.1) is 11.8 Å². The molecule has 4 nitrogen and oxygen atoms in total. The third kappa shape index (κ3) is 5.56. The van der Waals surface area contributed by atoms with Gasteiger partial charge in [0.05, 0.1) is 5.92 Å². The SMILES string of the molecule is O=C(O)C1CCC(CNCCOc2ccc(Cl)cc2)CC1. The lowest BCUT2D eigenvalue weighted by Crippen LogP contribution is -2.30. The zero-order valence-corrected chi connectivity index (χ0v) is 12.8. The summed E-state index contributed by atoms with van der Waals surface area (Å²) in [6.07, 6.45) is 3.62. The molecule has 1 aromatic carbocycles. The van der Waals surface area contributed by atoms with E-state index in [4.69, 9.17) is 21.4 Å². The molecule has 0 atom stereocenters. The zero-order valence-electron chi connectivity index (χ0n) is 12.1. The Hall–Kier alpha value is -1.26. The number of hydrogen-bond donors (Lipinski definition) is 2. The van der Waals surface area contributed by atoms with Gasteiger partial charge in [0.15, 0.2) is 0 Å². The highest BCUT2D eigenvalue weighted by Crippen LogP contribution is 2.28. The van der Waals surface area contributed by atoms with E-state index in [9.17, 15) is 4.79 Å². The van der Waals surface area contributed by atoms with Gasteiger partial charge in [-0.3, -0.25) is 4.79 Å². The normalized spacial score (nSPS) is 22.0. The van der Waals surface area contributed by atoms with Gasteiger partial charge >= 0.3 is 5.97 Å². The van der Waals surface area contributed by atoms with Crippen molar-refractivity contribution in [3.8, 4) is 5.75 Å². The quantitative estimate of drug-likeness (QED) is 0.759. The van der Waals surface area contributed by atoms with Crippen molar-refractivity contribution in [3.63, 3.8) is 0 Å². The molecule has 1 aliphatic rings. The van der Waals surface area contributed by atoms with Crippen molar-refractivity contribution in [2.45, 2.75) is 25.7 Å². The minimum atomic E-state index is -0.641. The molecular formula is C16H22ClNO3. The fourth-order valence-corrected chi connectivity index (χ4v) is 2.82. The van der Waals surface area contributed by atoms with E-state index in [0.717, 1.165) is 44.5 Å². The standard InChI is InChI=1S/C16H22ClNO3/c17-14-5-7-15(8-6-14)21-10-9-18-11-12-1-3-13(4-2-12)16(19)20/h5-8,12-13,18H,1-4,9-11H2,(H,19,20). The van der Waals surface area contributed by atoms with Gasteiger partial charge in [0.2, 0.25) is 0 Å². The number of carboxylic acids is 1. The van der Waals surface area contributed by atoms with Crippen molar-refractivity contribution in [1.29, 1.82) is 0 Å². The molecule has 0 spiro atoms. The van der Waals surface area contributed by atoms with Crippen molar-refractivity contribution in [1.82, 2.24) is 5.32 Å². The van der Waals surface area contributed by atoms with E-state index < -0.39 is 5.97 Å². The molecule has 0 saturated heterocycles. The zero-order chi connectivity index (χ0) is 15.1. The molecule has 0 amide bonds. The molecule has 5 heteroatoms. The predicted octanol–water partition coefficient (Wildman–Crippen LogP) is 3.20. The highest BCUT2D eigenvalue weighted by atomic mass is 35.5. The van der Waals surface area contributed by atoms with Gasteiger partial charge in [-0.15, -0.1) is 0 Å². The number of halogens is 1. The molecule has 0 aromatic heterocycles. The summed E-state index contributed by atoms with van der Waals surface area (Å²) in [5.74, 6) is 0.645. The van der Waals surface area contributed by atoms with Gasteiger partial charge < -0.3 is 15.2 Å². The van der Waals surface area contributed by atoms with Crippen LogP contribution in [0.5, 0.6) is 5.75 Å². The van der Waals surface area contributed by atoms with Crippen molar-refractivity contribution >= 4 is 17.6 Å². The van der Waals surface area contributed by atoms with Crippen LogP contribution in [0.15, 0.2) is 24.3 Å². The lowest BCUT2D eigenvalue weighted by Gasteiger charge is -2.26. The average Bonchev–Trinajstić information content (AvgIpc) is 2.49. The van der Waals surface area contributed by atoms with Gasteiger partial charge in [0.1, 0.15) is 12.4 Å². The molecule has 21 heavy (non-hydrogen) atoms. The largest absolute Gasteiger partial charge is 0.492 e. The maximum atomic E-state index is 10.9. The van der Waals surface area contributed by atoms with Crippen LogP contribution < -0.4 is 10.1 Å². The lowest BCUT2D eigenvalue weighted by atomic mass is 9.82. The third-order valence-corrected chi connectivity index (χ3v) is 4.24. The Morgan fingerprint density at radius 1 is 1.24 bits per heavy atom. The molecule has 2 rings (SSSR count). The highest BCUT2D eigenvalue weighted by molar-refractivity contribution is 6.30. The second-order valence-corrected chi connectivity index (χ2v) is 6.00. The molecule has 2 N–H and O–H groups in total. The summed E-state index contributed by atoms with van der Waals surface area (Å²) in [6.45, 7) is 2.35. The molecule has 1 aliphatic carbocycles. The first kappa shape index (κ1) is 16.1. The molecule has 116 valence electrons.